The molecule has 0 atom stereocenters. The fourth-order valence-electron chi connectivity index (χ4n) is 11.1. The molecule has 5 heteroatoms. The van der Waals surface area contributed by atoms with Crippen molar-refractivity contribution in [2.24, 2.45) is 0 Å². The van der Waals surface area contributed by atoms with E-state index in [4.69, 9.17) is 19.4 Å². The van der Waals surface area contributed by atoms with Crippen LogP contribution in [0.5, 0.6) is 0 Å². The zero-order valence-corrected chi connectivity index (χ0v) is 37.3. The maximum Gasteiger partial charge on any atom is 0.164 e. The normalized spacial score (nSPS) is 12.8. The highest BCUT2D eigenvalue weighted by molar-refractivity contribution is 6.14. The molecule has 1 aliphatic rings. The summed E-state index contributed by atoms with van der Waals surface area (Å²) in [7, 11) is 0. The van der Waals surface area contributed by atoms with E-state index in [1.54, 1.807) is 0 Å². The minimum absolute atomic E-state index is 0.452. The number of nitrogens with zero attached hydrogens (tertiary/aromatic N) is 4. The zero-order valence-electron chi connectivity index (χ0n) is 37.3. The molecule has 3 aromatic heterocycles. The average molecular weight is 881 g/mol. The van der Waals surface area contributed by atoms with Crippen molar-refractivity contribution in [2.75, 3.05) is 0 Å². The molecule has 322 valence electrons. The second kappa shape index (κ2) is 15.4. The van der Waals surface area contributed by atoms with E-state index < -0.39 is 5.41 Å². The number of aromatic nitrogens is 4. The standard InChI is InChI=1S/C64H40N4O/c1-5-18-41(19-6-1)61-65-62(42-20-7-2-8-21-42)67-63(66-61)50-28-17-31-59-60(50)53-39-44(33-37-58(53)69-59)43-32-36-57-52(38-43)49-27-14-16-30-56(49)68(57)47-34-35-55-51(40-47)48-26-13-15-29-54(48)64(55,45-22-9-3-10-23-45)46-24-11-4-12-25-46/h1-40H. The summed E-state index contributed by atoms with van der Waals surface area (Å²) in [6, 6.07) is 86.6. The molecule has 0 N–H and O–H groups in total. The van der Waals surface area contributed by atoms with E-state index in [0.717, 1.165) is 66.5 Å². The molecular weight excluding hydrogens is 841 g/mol. The summed E-state index contributed by atoms with van der Waals surface area (Å²) >= 11 is 0. The molecule has 0 saturated carbocycles. The molecule has 0 radical (unpaired) electrons. The first-order chi connectivity index (χ1) is 34.2. The molecule has 14 rings (SSSR count). The number of benzene rings is 10. The maximum atomic E-state index is 6.56. The van der Waals surface area contributed by atoms with Crippen molar-refractivity contribution in [1.82, 2.24) is 19.5 Å². The van der Waals surface area contributed by atoms with Crippen molar-refractivity contribution in [3.8, 4) is 62.1 Å². The number of furan rings is 1. The minimum atomic E-state index is -0.452. The van der Waals surface area contributed by atoms with Gasteiger partial charge < -0.3 is 8.98 Å². The van der Waals surface area contributed by atoms with Crippen LogP contribution >= 0.6 is 0 Å². The monoisotopic (exact) mass is 880 g/mol. The first kappa shape index (κ1) is 39.0. The molecule has 3 heterocycles. The Kier molecular flexibility index (Phi) is 8.73. The smallest absolute Gasteiger partial charge is 0.164 e. The highest BCUT2D eigenvalue weighted by Gasteiger charge is 2.46. The molecular formula is C64H40N4O. The van der Waals surface area contributed by atoms with Crippen molar-refractivity contribution in [2.45, 2.75) is 5.41 Å². The van der Waals surface area contributed by atoms with Crippen LogP contribution in [-0.2, 0) is 5.41 Å². The molecule has 69 heavy (non-hydrogen) atoms. The van der Waals surface area contributed by atoms with Gasteiger partial charge in [0.15, 0.2) is 17.5 Å². The Bertz CT molecular complexity index is 4020. The molecule has 0 amide bonds. The highest BCUT2D eigenvalue weighted by atomic mass is 16.3. The van der Waals surface area contributed by atoms with Crippen LogP contribution in [-0.4, -0.2) is 19.5 Å². The van der Waals surface area contributed by atoms with Gasteiger partial charge in [0.05, 0.1) is 16.4 Å². The van der Waals surface area contributed by atoms with Crippen molar-refractivity contribution < 1.29 is 4.42 Å². The van der Waals surface area contributed by atoms with Crippen LogP contribution in [0.1, 0.15) is 22.3 Å². The molecule has 0 saturated heterocycles. The van der Waals surface area contributed by atoms with Gasteiger partial charge in [0.25, 0.3) is 0 Å². The van der Waals surface area contributed by atoms with Crippen molar-refractivity contribution in [3.05, 3.63) is 265 Å². The number of rotatable bonds is 7. The Balaban J connectivity index is 0.917. The fraction of sp³-hybridized carbons (Fsp3) is 0.0156. The summed E-state index contributed by atoms with van der Waals surface area (Å²) in [5.74, 6) is 1.83. The van der Waals surface area contributed by atoms with Gasteiger partial charge in [0.2, 0.25) is 0 Å². The van der Waals surface area contributed by atoms with Crippen molar-refractivity contribution in [3.63, 3.8) is 0 Å². The quantitative estimate of drug-likeness (QED) is 0.160. The van der Waals surface area contributed by atoms with Gasteiger partial charge in [-0.05, 0) is 93.0 Å². The van der Waals surface area contributed by atoms with E-state index in [0.29, 0.717) is 17.5 Å². The van der Waals surface area contributed by atoms with Gasteiger partial charge in [-0.3, -0.25) is 0 Å². The van der Waals surface area contributed by atoms with Crippen LogP contribution in [0.3, 0.4) is 0 Å². The van der Waals surface area contributed by atoms with Gasteiger partial charge in [-0.1, -0.05) is 194 Å². The minimum Gasteiger partial charge on any atom is -0.456 e. The van der Waals surface area contributed by atoms with Gasteiger partial charge in [-0.25, -0.2) is 15.0 Å². The first-order valence-electron chi connectivity index (χ1n) is 23.4. The lowest BCUT2D eigenvalue weighted by Crippen LogP contribution is -2.28. The Hall–Kier alpha value is -9.19. The van der Waals surface area contributed by atoms with Crippen LogP contribution in [0.15, 0.2) is 247 Å². The van der Waals surface area contributed by atoms with E-state index in [-0.39, 0.29) is 0 Å². The van der Waals surface area contributed by atoms with Gasteiger partial charge in [0.1, 0.15) is 11.2 Å². The van der Waals surface area contributed by atoms with Crippen molar-refractivity contribution in [1.29, 1.82) is 0 Å². The third kappa shape index (κ3) is 6.00. The van der Waals surface area contributed by atoms with E-state index in [1.165, 1.54) is 44.2 Å². The number of hydrogen-bond donors (Lipinski definition) is 0. The van der Waals surface area contributed by atoms with E-state index in [9.17, 15) is 0 Å². The Morgan fingerprint density at radius 2 is 0.884 bits per heavy atom. The molecule has 1 aliphatic carbocycles. The van der Waals surface area contributed by atoms with E-state index in [1.807, 2.05) is 72.8 Å². The van der Waals surface area contributed by atoms with E-state index in [2.05, 4.69) is 174 Å². The summed E-state index contributed by atoms with van der Waals surface area (Å²) in [6.07, 6.45) is 0. The average Bonchev–Trinajstić information content (AvgIpc) is 4.07. The third-order valence-corrected chi connectivity index (χ3v) is 14.1. The van der Waals surface area contributed by atoms with Crippen LogP contribution in [0.4, 0.5) is 0 Å². The second-order valence-corrected chi connectivity index (χ2v) is 17.9. The van der Waals surface area contributed by atoms with E-state index >= 15 is 0 Å². The number of hydrogen-bond acceptors (Lipinski definition) is 4. The third-order valence-electron chi connectivity index (χ3n) is 14.1. The summed E-state index contributed by atoms with van der Waals surface area (Å²) in [4.78, 5) is 15.2. The first-order valence-corrected chi connectivity index (χ1v) is 23.4. The molecule has 0 unspecified atom stereocenters. The lowest BCUT2D eigenvalue weighted by Gasteiger charge is -2.33. The van der Waals surface area contributed by atoms with Crippen LogP contribution in [0.2, 0.25) is 0 Å². The van der Waals surface area contributed by atoms with Crippen LogP contribution in [0.25, 0.3) is 106 Å². The highest BCUT2D eigenvalue weighted by Crippen LogP contribution is 2.56. The predicted octanol–water partition coefficient (Wildman–Crippen LogP) is 15.9. The molecule has 0 fully saturated rings. The summed E-state index contributed by atoms with van der Waals surface area (Å²) < 4.78 is 8.99. The number of para-hydroxylation sites is 1. The number of fused-ring (bicyclic) bond motifs is 9. The molecule has 0 bridgehead atoms. The fourth-order valence-corrected chi connectivity index (χ4v) is 11.1. The van der Waals surface area contributed by atoms with Crippen LogP contribution in [0, 0.1) is 0 Å². The molecule has 13 aromatic rings. The van der Waals surface area contributed by atoms with Gasteiger partial charge in [-0.15, -0.1) is 0 Å². The Labute approximate surface area is 398 Å². The lowest BCUT2D eigenvalue weighted by molar-refractivity contribution is 0.669. The SMILES string of the molecule is c1ccc(-c2nc(-c3ccccc3)nc(-c3cccc4oc5ccc(-c6ccc7c(c6)c6ccccc6n7-c6ccc7c(c6)-c6ccccc6C7(c6ccccc6)c6ccccc6)cc5c34)n2)cc1. The maximum absolute atomic E-state index is 6.56. The van der Waals surface area contributed by atoms with Gasteiger partial charge in [0, 0.05) is 43.9 Å². The van der Waals surface area contributed by atoms with Crippen LogP contribution < -0.4 is 0 Å². The lowest BCUT2D eigenvalue weighted by atomic mass is 9.68. The Morgan fingerprint density at radius 1 is 0.333 bits per heavy atom. The summed E-state index contributed by atoms with van der Waals surface area (Å²) in [5, 5.41) is 4.37. The second-order valence-electron chi connectivity index (χ2n) is 17.9. The molecule has 0 aliphatic heterocycles. The van der Waals surface area contributed by atoms with Gasteiger partial charge >= 0.3 is 0 Å². The molecule has 10 aromatic carbocycles. The summed E-state index contributed by atoms with van der Waals surface area (Å²) in [5.41, 5.74) is 17.2. The topological polar surface area (TPSA) is 56.7 Å². The summed E-state index contributed by atoms with van der Waals surface area (Å²) in [6.45, 7) is 0. The Morgan fingerprint density at radius 3 is 1.59 bits per heavy atom. The molecule has 0 spiro atoms. The van der Waals surface area contributed by atoms with Gasteiger partial charge in [-0.2, -0.15) is 0 Å². The van der Waals surface area contributed by atoms with Crippen molar-refractivity contribution >= 4 is 43.7 Å². The zero-order chi connectivity index (χ0) is 45.5. The largest absolute Gasteiger partial charge is 0.456 e. The predicted molar refractivity (Wildman–Crippen MR) is 280 cm³/mol. The molecule has 5 nitrogen and oxygen atoms in total.